The minimum atomic E-state index is -0.499. The molecule has 0 spiro atoms. The average molecular weight is 543 g/mol. The molecule has 5 rings (SSSR count). The second-order valence-electron chi connectivity index (χ2n) is 8.95. The van der Waals surface area contributed by atoms with E-state index < -0.39 is 5.92 Å². The number of nitrogens with zero attached hydrogens (tertiary/aromatic N) is 4. The Morgan fingerprint density at radius 1 is 1.13 bits per heavy atom. The maximum atomic E-state index is 13.2. The Bertz CT molecular complexity index is 1440. The Morgan fingerprint density at radius 2 is 1.87 bits per heavy atom. The van der Waals surface area contributed by atoms with Crippen LogP contribution in [0.15, 0.2) is 87.7 Å². The van der Waals surface area contributed by atoms with E-state index >= 15 is 0 Å². The van der Waals surface area contributed by atoms with Gasteiger partial charge in [-0.1, -0.05) is 83.8 Å². The van der Waals surface area contributed by atoms with Gasteiger partial charge in [0.1, 0.15) is 5.82 Å². The lowest BCUT2D eigenvalue weighted by atomic mass is 9.76. The van der Waals surface area contributed by atoms with Gasteiger partial charge >= 0.3 is 0 Å². The van der Waals surface area contributed by atoms with Crippen LogP contribution >= 0.6 is 23.1 Å². The zero-order valence-electron chi connectivity index (χ0n) is 20.6. The number of benzene rings is 2. The van der Waals surface area contributed by atoms with Gasteiger partial charge in [0.05, 0.1) is 23.3 Å². The highest BCUT2D eigenvalue weighted by Gasteiger charge is 2.41. The van der Waals surface area contributed by atoms with Crippen molar-refractivity contribution < 1.29 is 9.59 Å². The molecule has 1 aromatic heterocycles. The van der Waals surface area contributed by atoms with Crippen molar-refractivity contribution in [3.05, 3.63) is 94.5 Å². The van der Waals surface area contributed by atoms with Crippen LogP contribution in [0.4, 0.5) is 5.13 Å². The molecule has 0 saturated heterocycles. The first-order chi connectivity index (χ1) is 18.6. The van der Waals surface area contributed by atoms with Crippen LogP contribution in [0.2, 0.25) is 0 Å². The molecule has 38 heavy (non-hydrogen) atoms. The molecule has 2 heterocycles. The quantitative estimate of drug-likeness (QED) is 0.404. The van der Waals surface area contributed by atoms with E-state index in [4.69, 9.17) is 5.73 Å². The number of nitriles is 1. The smallest absolute Gasteiger partial charge is 0.230 e. The van der Waals surface area contributed by atoms with Gasteiger partial charge in [-0.25, -0.2) is 0 Å². The Hall–Kier alpha value is -3.94. The molecule has 10 heteroatoms. The van der Waals surface area contributed by atoms with Gasteiger partial charge in [0.2, 0.25) is 11.0 Å². The van der Waals surface area contributed by atoms with Gasteiger partial charge in [0.25, 0.3) is 0 Å². The highest BCUT2D eigenvalue weighted by molar-refractivity contribution is 8.01. The first-order valence-corrected chi connectivity index (χ1v) is 14.1. The third-order valence-electron chi connectivity index (χ3n) is 6.54. The van der Waals surface area contributed by atoms with E-state index in [0.29, 0.717) is 46.4 Å². The van der Waals surface area contributed by atoms with E-state index in [2.05, 4.69) is 21.6 Å². The van der Waals surface area contributed by atoms with Crippen molar-refractivity contribution in [3.8, 4) is 6.07 Å². The average Bonchev–Trinajstić information content (AvgIpc) is 3.41. The van der Waals surface area contributed by atoms with Crippen LogP contribution in [0.3, 0.4) is 0 Å². The Morgan fingerprint density at radius 3 is 2.61 bits per heavy atom. The number of allylic oxidation sites excluding steroid dienone is 3. The topological polar surface area (TPSA) is 125 Å². The largest absolute Gasteiger partial charge is 0.384 e. The zero-order chi connectivity index (χ0) is 26.5. The van der Waals surface area contributed by atoms with E-state index in [9.17, 15) is 14.9 Å². The van der Waals surface area contributed by atoms with Gasteiger partial charge in [-0.15, -0.1) is 10.2 Å². The molecule has 2 aliphatic rings. The summed E-state index contributed by atoms with van der Waals surface area (Å²) in [5, 5.41) is 22.1. The molecule has 3 aromatic rings. The molecule has 8 nitrogen and oxygen atoms in total. The number of hydrogen-bond donors (Lipinski definition) is 2. The molecular weight excluding hydrogens is 516 g/mol. The number of carbonyl (C=O) groups is 2. The molecule has 1 amide bonds. The van der Waals surface area contributed by atoms with Crippen molar-refractivity contribution in [2.45, 2.75) is 35.9 Å². The summed E-state index contributed by atoms with van der Waals surface area (Å²) in [5.41, 5.74) is 10.3. The third kappa shape index (κ3) is 5.35. The fourth-order valence-electron chi connectivity index (χ4n) is 4.80. The fraction of sp³-hybridized carbons (Fsp3) is 0.250. The second kappa shape index (κ2) is 11.6. The number of Topliss-reactive ketones (excluding diaryl/α,β-unsaturated/α-hetero) is 1. The minimum absolute atomic E-state index is 0.0247. The normalized spacial score (nSPS) is 17.3. The van der Waals surface area contributed by atoms with Crippen LogP contribution in [-0.2, 0) is 16.0 Å². The predicted molar refractivity (Wildman–Crippen MR) is 148 cm³/mol. The Balaban J connectivity index is 1.33. The molecule has 3 N–H and O–H groups in total. The number of anilines is 1. The number of thioether (sulfide) groups is 1. The molecule has 1 unspecified atom stereocenters. The van der Waals surface area contributed by atoms with Crippen LogP contribution in [0.5, 0.6) is 0 Å². The molecule has 0 fully saturated rings. The Labute approximate surface area is 229 Å². The summed E-state index contributed by atoms with van der Waals surface area (Å²) >= 11 is 2.59. The van der Waals surface area contributed by atoms with Gasteiger partial charge in [0.15, 0.2) is 10.1 Å². The summed E-state index contributed by atoms with van der Waals surface area (Å²) in [6, 6.07) is 21.8. The van der Waals surface area contributed by atoms with Crippen LogP contribution < -0.4 is 16.0 Å². The van der Waals surface area contributed by atoms with E-state index in [1.54, 1.807) is 4.90 Å². The van der Waals surface area contributed by atoms with Crippen molar-refractivity contribution in [1.29, 1.82) is 5.26 Å². The second-order valence-corrected chi connectivity index (χ2v) is 11.1. The van der Waals surface area contributed by atoms with Gasteiger partial charge in [-0.05, 0) is 30.4 Å². The number of ketones is 1. The predicted octanol–water partition coefficient (Wildman–Crippen LogP) is 4.29. The molecule has 0 radical (unpaired) electrons. The lowest BCUT2D eigenvalue weighted by molar-refractivity contribution is -0.118. The van der Waals surface area contributed by atoms with Crippen LogP contribution in [0, 0.1) is 11.3 Å². The van der Waals surface area contributed by atoms with Gasteiger partial charge in [-0.2, -0.15) is 5.26 Å². The molecule has 0 saturated carbocycles. The van der Waals surface area contributed by atoms with Crippen molar-refractivity contribution in [2.24, 2.45) is 5.73 Å². The summed E-state index contributed by atoms with van der Waals surface area (Å²) in [5.74, 6) is -0.0828. The molecule has 0 bridgehead atoms. The van der Waals surface area contributed by atoms with Crippen molar-refractivity contribution >= 4 is 39.9 Å². The van der Waals surface area contributed by atoms with E-state index in [-0.39, 0.29) is 23.3 Å². The SMILES string of the molecule is N#CC1=C(N)N(c2nnc(SCC(=O)NCCc3ccccc3)s2)C2=C(C(=O)CCC2)C1c1ccccc1. The van der Waals surface area contributed by atoms with Crippen molar-refractivity contribution in [3.63, 3.8) is 0 Å². The molecule has 192 valence electrons. The van der Waals surface area contributed by atoms with Crippen LogP contribution in [0.1, 0.15) is 36.3 Å². The number of carbonyl (C=O) groups excluding carboxylic acids is 2. The number of amides is 1. The lowest BCUT2D eigenvalue weighted by Gasteiger charge is -2.38. The minimum Gasteiger partial charge on any atom is -0.384 e. The first-order valence-electron chi connectivity index (χ1n) is 12.3. The van der Waals surface area contributed by atoms with Crippen LogP contribution in [0.25, 0.3) is 0 Å². The molecule has 1 aliphatic carbocycles. The highest BCUT2D eigenvalue weighted by atomic mass is 32.2. The van der Waals surface area contributed by atoms with Crippen LogP contribution in [-0.4, -0.2) is 34.2 Å². The molecule has 2 aromatic carbocycles. The van der Waals surface area contributed by atoms with Gasteiger partial charge in [-0.3, -0.25) is 14.5 Å². The van der Waals surface area contributed by atoms with Gasteiger partial charge in [0, 0.05) is 24.2 Å². The van der Waals surface area contributed by atoms with E-state index in [1.165, 1.54) is 28.7 Å². The summed E-state index contributed by atoms with van der Waals surface area (Å²) in [7, 11) is 0. The molecule has 1 aliphatic heterocycles. The number of nitrogens with one attached hydrogen (secondary N) is 1. The fourth-order valence-corrected chi connectivity index (χ4v) is 6.51. The Kier molecular flexibility index (Phi) is 7.86. The maximum absolute atomic E-state index is 13.2. The number of nitrogens with two attached hydrogens (primary N) is 1. The standard InChI is InChI=1S/C28H26N6O2S2/c29-16-20-24(19-10-5-2-6-11-19)25-21(12-7-13-22(25)35)34(26(20)30)27-32-33-28(38-27)37-17-23(36)31-15-14-18-8-3-1-4-9-18/h1-6,8-11,24H,7,12-15,17,30H2,(H,31,36). The summed E-state index contributed by atoms with van der Waals surface area (Å²) in [4.78, 5) is 27.2. The summed E-state index contributed by atoms with van der Waals surface area (Å²) in [6.45, 7) is 0.560. The molecular formula is C28H26N6O2S2. The molecule has 1 atom stereocenters. The number of rotatable bonds is 8. The third-order valence-corrected chi connectivity index (χ3v) is 8.58. The number of aromatic nitrogens is 2. The summed E-state index contributed by atoms with van der Waals surface area (Å²) in [6.07, 6.45) is 2.55. The van der Waals surface area contributed by atoms with Crippen molar-refractivity contribution in [2.75, 3.05) is 17.2 Å². The van der Waals surface area contributed by atoms with Crippen molar-refractivity contribution in [1.82, 2.24) is 15.5 Å². The zero-order valence-corrected chi connectivity index (χ0v) is 22.2. The summed E-state index contributed by atoms with van der Waals surface area (Å²) < 4.78 is 0.610. The first kappa shape index (κ1) is 25.7. The highest BCUT2D eigenvalue weighted by Crippen LogP contribution is 2.47. The van der Waals surface area contributed by atoms with Gasteiger partial charge < -0.3 is 11.1 Å². The lowest BCUT2D eigenvalue weighted by Crippen LogP contribution is -2.38. The van der Waals surface area contributed by atoms with E-state index in [0.717, 1.165) is 17.7 Å². The monoisotopic (exact) mass is 542 g/mol. The van der Waals surface area contributed by atoms with E-state index in [1.807, 2.05) is 60.7 Å². The number of hydrogen-bond acceptors (Lipinski definition) is 9. The maximum Gasteiger partial charge on any atom is 0.230 e.